The lowest BCUT2D eigenvalue weighted by atomic mass is 10.1. The molecule has 1 heterocycles. The van der Waals surface area contributed by atoms with E-state index in [2.05, 4.69) is 0 Å². The van der Waals surface area contributed by atoms with Crippen LogP contribution in [0.25, 0.3) is 0 Å². The zero-order valence-electron chi connectivity index (χ0n) is 17.0. The van der Waals surface area contributed by atoms with E-state index in [4.69, 9.17) is 4.74 Å². The minimum atomic E-state index is -0.443. The molecule has 1 fully saturated rings. The van der Waals surface area contributed by atoms with Gasteiger partial charge in [0.1, 0.15) is 11.6 Å². The molecule has 0 spiro atoms. The number of hydrogen-bond acceptors (Lipinski definition) is 4. The van der Waals surface area contributed by atoms with Crippen LogP contribution in [-0.2, 0) is 16.0 Å². The maximum atomic E-state index is 13.3. The molecule has 158 valence electrons. The van der Waals surface area contributed by atoms with Crippen molar-refractivity contribution in [3.05, 3.63) is 65.5 Å². The molecule has 1 aliphatic heterocycles. The van der Waals surface area contributed by atoms with Crippen LogP contribution in [0.15, 0.2) is 48.5 Å². The fourth-order valence-corrected chi connectivity index (χ4v) is 3.51. The maximum Gasteiger partial charge on any atom is 0.308 e. The minimum absolute atomic E-state index is 0.00501. The van der Waals surface area contributed by atoms with Crippen LogP contribution >= 0.6 is 0 Å². The molecule has 7 heteroatoms. The lowest BCUT2D eigenvalue weighted by Gasteiger charge is -2.22. The van der Waals surface area contributed by atoms with Crippen molar-refractivity contribution in [3.8, 4) is 5.75 Å². The minimum Gasteiger partial charge on any atom is -0.427 e. The second-order valence-electron chi connectivity index (χ2n) is 7.28. The Morgan fingerprint density at radius 2 is 1.70 bits per heavy atom. The van der Waals surface area contributed by atoms with Gasteiger partial charge in [0.05, 0.1) is 0 Å². The largest absolute Gasteiger partial charge is 0.427 e. The van der Waals surface area contributed by atoms with E-state index in [1.54, 1.807) is 40.1 Å². The van der Waals surface area contributed by atoms with Gasteiger partial charge in [-0.3, -0.25) is 14.4 Å². The molecule has 0 aliphatic carbocycles. The summed E-state index contributed by atoms with van der Waals surface area (Å²) in [4.78, 5) is 40.0. The topological polar surface area (TPSA) is 66.9 Å². The van der Waals surface area contributed by atoms with Gasteiger partial charge >= 0.3 is 5.97 Å². The summed E-state index contributed by atoms with van der Waals surface area (Å²) in [5.74, 6) is -0.566. The normalized spacial score (nSPS) is 14.2. The van der Waals surface area contributed by atoms with Gasteiger partial charge in [0.15, 0.2) is 0 Å². The highest BCUT2D eigenvalue weighted by Gasteiger charge is 2.23. The Bertz CT molecular complexity index is 931. The average Bonchev–Trinajstić information content (AvgIpc) is 2.97. The van der Waals surface area contributed by atoms with Gasteiger partial charge in [-0.1, -0.05) is 18.2 Å². The maximum absolute atomic E-state index is 13.3. The third kappa shape index (κ3) is 5.89. The number of rotatable bonds is 5. The van der Waals surface area contributed by atoms with Crippen LogP contribution < -0.4 is 4.74 Å². The molecular weight excluding hydrogens is 387 g/mol. The van der Waals surface area contributed by atoms with Gasteiger partial charge in [-0.25, -0.2) is 4.39 Å². The summed E-state index contributed by atoms with van der Waals surface area (Å²) in [6, 6.07) is 12.8. The summed E-state index contributed by atoms with van der Waals surface area (Å²) >= 11 is 0. The Morgan fingerprint density at radius 1 is 0.967 bits per heavy atom. The molecule has 1 saturated heterocycles. The molecule has 1 aliphatic rings. The number of ether oxygens (including phenoxy) is 1. The van der Waals surface area contributed by atoms with Crippen LogP contribution in [0.4, 0.5) is 4.39 Å². The van der Waals surface area contributed by atoms with E-state index in [-0.39, 0.29) is 17.6 Å². The summed E-state index contributed by atoms with van der Waals surface area (Å²) < 4.78 is 18.3. The summed E-state index contributed by atoms with van der Waals surface area (Å²) in [5, 5.41) is 0. The van der Waals surface area contributed by atoms with E-state index < -0.39 is 5.97 Å². The molecule has 2 aromatic carbocycles. The Kier molecular flexibility index (Phi) is 7.17. The van der Waals surface area contributed by atoms with Crippen LogP contribution in [0.2, 0.25) is 0 Å². The second kappa shape index (κ2) is 10.0. The smallest absolute Gasteiger partial charge is 0.308 e. The monoisotopic (exact) mass is 412 g/mol. The van der Waals surface area contributed by atoms with Crippen molar-refractivity contribution in [2.24, 2.45) is 0 Å². The second-order valence-corrected chi connectivity index (χ2v) is 7.28. The fourth-order valence-electron chi connectivity index (χ4n) is 3.51. The number of hydrogen-bond donors (Lipinski definition) is 0. The van der Waals surface area contributed by atoms with Crippen LogP contribution in [0, 0.1) is 5.82 Å². The lowest BCUT2D eigenvalue weighted by Crippen LogP contribution is -2.37. The van der Waals surface area contributed by atoms with Gasteiger partial charge in [-0.15, -0.1) is 0 Å². The number of amides is 2. The highest BCUT2D eigenvalue weighted by atomic mass is 19.1. The first-order chi connectivity index (χ1) is 14.4. The van der Waals surface area contributed by atoms with E-state index in [0.29, 0.717) is 56.8 Å². The molecule has 0 aromatic heterocycles. The number of halogens is 1. The fraction of sp³-hybridized carbons (Fsp3) is 0.348. The number of carbonyl (C=O) groups is 3. The van der Waals surface area contributed by atoms with E-state index in [1.807, 2.05) is 6.07 Å². The predicted octanol–water partition coefficient (Wildman–Crippen LogP) is 3.06. The highest BCUT2D eigenvalue weighted by Crippen LogP contribution is 2.17. The van der Waals surface area contributed by atoms with Gasteiger partial charge in [0.25, 0.3) is 5.91 Å². The molecule has 0 unspecified atom stereocenters. The van der Waals surface area contributed by atoms with E-state index >= 15 is 0 Å². The third-order valence-corrected chi connectivity index (χ3v) is 4.99. The quantitative estimate of drug-likeness (QED) is 0.559. The van der Waals surface area contributed by atoms with Gasteiger partial charge < -0.3 is 14.5 Å². The number of benzene rings is 2. The Balaban J connectivity index is 1.55. The van der Waals surface area contributed by atoms with Crippen LogP contribution in [0.1, 0.15) is 35.7 Å². The molecular formula is C23H25FN2O4. The van der Waals surface area contributed by atoms with E-state index in [0.717, 1.165) is 5.56 Å². The Hall–Kier alpha value is -3.22. The molecule has 0 bridgehead atoms. The zero-order chi connectivity index (χ0) is 21.5. The summed E-state index contributed by atoms with van der Waals surface area (Å²) in [7, 11) is 0. The van der Waals surface area contributed by atoms with Gasteiger partial charge in [0.2, 0.25) is 5.91 Å². The first-order valence-electron chi connectivity index (χ1n) is 10.0. The van der Waals surface area contributed by atoms with E-state index in [1.165, 1.54) is 19.1 Å². The molecule has 0 N–H and O–H groups in total. The SMILES string of the molecule is CC(=O)Oc1cccc(C(=O)N2CCCN(C(=O)CCc3cccc(F)c3)CC2)c1. The van der Waals surface area contributed by atoms with Crippen molar-refractivity contribution in [2.45, 2.75) is 26.2 Å². The van der Waals surface area contributed by atoms with Gasteiger partial charge in [-0.2, -0.15) is 0 Å². The van der Waals surface area contributed by atoms with Crippen molar-refractivity contribution >= 4 is 17.8 Å². The molecule has 2 amide bonds. The number of nitrogens with zero attached hydrogens (tertiary/aromatic N) is 2. The molecule has 3 rings (SSSR count). The molecule has 6 nitrogen and oxygen atoms in total. The van der Waals surface area contributed by atoms with Crippen molar-refractivity contribution < 1.29 is 23.5 Å². The third-order valence-electron chi connectivity index (χ3n) is 4.99. The van der Waals surface area contributed by atoms with E-state index in [9.17, 15) is 18.8 Å². The first kappa shape index (κ1) is 21.5. The standard InChI is InChI=1S/C23H25FN2O4/c1-17(27)30-21-8-3-6-19(16-21)23(29)26-12-4-11-25(13-14-26)22(28)10-9-18-5-2-7-20(24)15-18/h2-3,5-8,15-16H,4,9-14H2,1H3. The summed E-state index contributed by atoms with van der Waals surface area (Å²) in [5.41, 5.74) is 1.24. The zero-order valence-corrected chi connectivity index (χ0v) is 17.0. The van der Waals surface area contributed by atoms with Crippen molar-refractivity contribution in [1.29, 1.82) is 0 Å². The Labute approximate surface area is 175 Å². The molecule has 2 aromatic rings. The molecule has 0 atom stereocenters. The van der Waals surface area contributed by atoms with Crippen molar-refractivity contribution in [3.63, 3.8) is 0 Å². The first-order valence-corrected chi connectivity index (χ1v) is 10.0. The number of carbonyl (C=O) groups excluding carboxylic acids is 3. The average molecular weight is 412 g/mol. The molecule has 0 radical (unpaired) electrons. The highest BCUT2D eigenvalue weighted by molar-refractivity contribution is 5.94. The van der Waals surface area contributed by atoms with Gasteiger partial charge in [-0.05, 0) is 48.7 Å². The predicted molar refractivity (Wildman–Crippen MR) is 110 cm³/mol. The molecule has 0 saturated carbocycles. The summed E-state index contributed by atoms with van der Waals surface area (Å²) in [6.45, 7) is 3.33. The number of esters is 1. The lowest BCUT2D eigenvalue weighted by molar-refractivity contribution is -0.132. The van der Waals surface area contributed by atoms with Crippen LogP contribution in [0.5, 0.6) is 5.75 Å². The van der Waals surface area contributed by atoms with Gasteiger partial charge in [0, 0.05) is 45.1 Å². The Morgan fingerprint density at radius 3 is 2.47 bits per heavy atom. The van der Waals surface area contributed by atoms with Crippen LogP contribution in [0.3, 0.4) is 0 Å². The van der Waals surface area contributed by atoms with Crippen molar-refractivity contribution in [2.75, 3.05) is 26.2 Å². The summed E-state index contributed by atoms with van der Waals surface area (Å²) in [6.07, 6.45) is 1.47. The molecule has 30 heavy (non-hydrogen) atoms. The van der Waals surface area contributed by atoms with Crippen molar-refractivity contribution in [1.82, 2.24) is 9.80 Å². The van der Waals surface area contributed by atoms with Crippen LogP contribution in [-0.4, -0.2) is 53.8 Å². The number of aryl methyl sites for hydroxylation is 1.